The molecule has 4 nitrogen and oxygen atoms in total. The van der Waals surface area contributed by atoms with Gasteiger partial charge in [-0.1, -0.05) is 23.8 Å². The molecule has 2 aromatic rings. The van der Waals surface area contributed by atoms with Crippen LogP contribution in [-0.2, 0) is 0 Å². The van der Waals surface area contributed by atoms with Crippen LogP contribution in [0.5, 0.6) is 11.6 Å². The van der Waals surface area contributed by atoms with Gasteiger partial charge in [-0.3, -0.25) is 0 Å². The minimum Gasteiger partial charge on any atom is -0.439 e. The van der Waals surface area contributed by atoms with Crippen LogP contribution in [0.2, 0.25) is 0 Å². The second kappa shape index (κ2) is 7.05. The molecule has 0 aliphatic carbocycles. The zero-order valence-electron chi connectivity index (χ0n) is 13.9. The Morgan fingerprint density at radius 3 is 2.67 bits per heavy atom. The van der Waals surface area contributed by atoms with Crippen molar-refractivity contribution in [1.82, 2.24) is 10.3 Å². The predicted molar refractivity (Wildman–Crippen MR) is 97.7 cm³/mol. The topological polar surface area (TPSA) is 37.4 Å². The normalized spacial score (nSPS) is 17.3. The molecule has 2 aliphatic rings. The number of benzene rings is 1. The fourth-order valence-corrected chi connectivity index (χ4v) is 3.11. The second-order valence-corrected chi connectivity index (χ2v) is 6.42. The second-order valence-electron chi connectivity index (χ2n) is 6.42. The number of anilines is 1. The van der Waals surface area contributed by atoms with Gasteiger partial charge in [-0.15, -0.1) is 0 Å². The molecule has 2 aliphatic heterocycles. The van der Waals surface area contributed by atoms with E-state index in [4.69, 9.17) is 4.74 Å². The van der Waals surface area contributed by atoms with Crippen molar-refractivity contribution >= 4 is 11.8 Å². The van der Waals surface area contributed by atoms with E-state index in [2.05, 4.69) is 39.5 Å². The van der Waals surface area contributed by atoms with E-state index in [-0.39, 0.29) is 0 Å². The minimum atomic E-state index is 0.644. The summed E-state index contributed by atoms with van der Waals surface area (Å²) in [4.78, 5) is 6.76. The van der Waals surface area contributed by atoms with E-state index in [1.165, 1.54) is 23.2 Å². The van der Waals surface area contributed by atoms with Crippen LogP contribution in [0.1, 0.15) is 24.8 Å². The Morgan fingerprint density at radius 1 is 1.08 bits per heavy atom. The molecule has 3 heterocycles. The Kier molecular flexibility index (Phi) is 4.47. The summed E-state index contributed by atoms with van der Waals surface area (Å²) >= 11 is 0. The Bertz CT molecular complexity index is 712. The van der Waals surface area contributed by atoms with Gasteiger partial charge >= 0.3 is 0 Å². The van der Waals surface area contributed by atoms with Gasteiger partial charge in [0.2, 0.25) is 5.88 Å². The molecule has 0 atom stereocenters. The zero-order chi connectivity index (χ0) is 16.2. The van der Waals surface area contributed by atoms with Gasteiger partial charge in [0.1, 0.15) is 5.75 Å². The molecule has 0 radical (unpaired) electrons. The van der Waals surface area contributed by atoms with Crippen LogP contribution in [0.15, 0.2) is 48.2 Å². The molecule has 0 spiro atoms. The summed E-state index contributed by atoms with van der Waals surface area (Å²) in [6.07, 6.45) is 7.72. The van der Waals surface area contributed by atoms with Crippen LogP contribution >= 0.6 is 0 Å². The maximum absolute atomic E-state index is 5.92. The fraction of sp³-hybridized carbons (Fsp3) is 0.350. The van der Waals surface area contributed by atoms with Gasteiger partial charge in [-0.05, 0) is 56.1 Å². The smallest absolute Gasteiger partial charge is 0.219 e. The number of ether oxygens (including phenoxy) is 1. The van der Waals surface area contributed by atoms with Gasteiger partial charge in [0.15, 0.2) is 0 Å². The lowest BCUT2D eigenvalue weighted by Crippen LogP contribution is -2.36. The van der Waals surface area contributed by atoms with Gasteiger partial charge in [-0.2, -0.15) is 0 Å². The molecule has 4 heteroatoms. The van der Waals surface area contributed by atoms with E-state index in [0.717, 1.165) is 44.8 Å². The maximum atomic E-state index is 5.92. The first-order chi connectivity index (χ1) is 11.9. The van der Waals surface area contributed by atoms with Gasteiger partial charge in [0, 0.05) is 19.2 Å². The summed E-state index contributed by atoms with van der Waals surface area (Å²) in [5.41, 5.74) is 3.88. The van der Waals surface area contributed by atoms with E-state index in [1.54, 1.807) is 0 Å². The molecule has 0 amide bonds. The molecule has 2 saturated heterocycles. The van der Waals surface area contributed by atoms with E-state index in [9.17, 15) is 0 Å². The third-order valence-corrected chi connectivity index (χ3v) is 4.64. The maximum Gasteiger partial charge on any atom is 0.219 e. The van der Waals surface area contributed by atoms with Crippen LogP contribution in [0.3, 0.4) is 0 Å². The molecule has 1 aromatic carbocycles. The van der Waals surface area contributed by atoms with Gasteiger partial charge < -0.3 is 15.0 Å². The van der Waals surface area contributed by atoms with Crippen molar-refractivity contribution in [1.29, 1.82) is 0 Å². The summed E-state index contributed by atoms with van der Waals surface area (Å²) in [6.45, 7) is 4.42. The molecule has 24 heavy (non-hydrogen) atoms. The summed E-state index contributed by atoms with van der Waals surface area (Å²) < 4.78 is 5.92. The van der Waals surface area contributed by atoms with Crippen LogP contribution in [0.4, 0.5) is 5.69 Å². The first-order valence-corrected chi connectivity index (χ1v) is 8.76. The molecular formula is C20H23N3O. The van der Waals surface area contributed by atoms with Crippen molar-refractivity contribution in [3.05, 3.63) is 53.7 Å². The number of hydrogen-bond acceptors (Lipinski definition) is 4. The molecule has 4 rings (SSSR count). The fourth-order valence-electron chi connectivity index (χ4n) is 3.11. The van der Waals surface area contributed by atoms with Crippen molar-refractivity contribution in [2.24, 2.45) is 0 Å². The molecule has 0 saturated carbocycles. The summed E-state index contributed by atoms with van der Waals surface area (Å²) in [6, 6.07) is 12.3. The van der Waals surface area contributed by atoms with E-state index in [1.807, 2.05) is 24.4 Å². The van der Waals surface area contributed by atoms with Gasteiger partial charge in [0.05, 0.1) is 11.9 Å². The van der Waals surface area contributed by atoms with Crippen molar-refractivity contribution in [3.8, 4) is 11.6 Å². The lowest BCUT2D eigenvalue weighted by Gasteiger charge is -2.32. The zero-order valence-corrected chi connectivity index (χ0v) is 13.9. The van der Waals surface area contributed by atoms with Gasteiger partial charge in [-0.25, -0.2) is 4.98 Å². The minimum absolute atomic E-state index is 0.644. The Balaban J connectivity index is 1.45. The first-order valence-electron chi connectivity index (χ1n) is 8.76. The molecule has 1 aromatic heterocycles. The average molecular weight is 321 g/mol. The number of pyridine rings is 1. The Morgan fingerprint density at radius 2 is 1.96 bits per heavy atom. The van der Waals surface area contributed by atoms with Gasteiger partial charge in [0.25, 0.3) is 0 Å². The average Bonchev–Trinajstić information content (AvgIpc) is 2.56. The summed E-state index contributed by atoms with van der Waals surface area (Å²) in [7, 11) is 0. The monoisotopic (exact) mass is 321 g/mol. The molecule has 124 valence electrons. The third-order valence-electron chi connectivity index (χ3n) is 4.64. The predicted octanol–water partition coefficient (Wildman–Crippen LogP) is 3.85. The highest BCUT2D eigenvalue weighted by molar-refractivity contribution is 5.55. The third kappa shape index (κ3) is 3.60. The number of nitrogens with one attached hydrogen (secondary N) is 1. The summed E-state index contributed by atoms with van der Waals surface area (Å²) in [5, 5.41) is 3.39. The lowest BCUT2D eigenvalue weighted by atomic mass is 10.0. The quantitative estimate of drug-likeness (QED) is 0.928. The standard InChI is InChI=1S/C20H23N3O/c1-3-17(13-16-7-9-21-10-8-16)14-19(4-1)24-20-6-5-18(15-22-20)23-11-2-12-23/h1,3-6,13-15,21H,2,7-12H2. The number of hydrogen-bond donors (Lipinski definition) is 1. The number of nitrogens with zero attached hydrogens (tertiary/aromatic N) is 2. The largest absolute Gasteiger partial charge is 0.439 e. The van der Waals surface area contributed by atoms with Crippen LogP contribution in [0.25, 0.3) is 6.08 Å². The highest BCUT2D eigenvalue weighted by Crippen LogP contribution is 2.25. The Hall–Kier alpha value is -2.33. The highest BCUT2D eigenvalue weighted by Gasteiger charge is 2.14. The molecule has 1 N–H and O–H groups in total. The molecule has 0 bridgehead atoms. The van der Waals surface area contributed by atoms with Crippen molar-refractivity contribution in [3.63, 3.8) is 0 Å². The lowest BCUT2D eigenvalue weighted by molar-refractivity contribution is 0.462. The highest BCUT2D eigenvalue weighted by atomic mass is 16.5. The molecule has 2 fully saturated rings. The Labute approximate surface area is 143 Å². The van der Waals surface area contributed by atoms with Crippen LogP contribution < -0.4 is 15.0 Å². The summed E-state index contributed by atoms with van der Waals surface area (Å²) in [5.74, 6) is 1.48. The number of piperidine rings is 1. The SMILES string of the molecule is C(=C1CCNCC1)c1cccc(Oc2ccc(N3CCC3)cn2)c1. The first kappa shape index (κ1) is 15.2. The number of aromatic nitrogens is 1. The van der Waals surface area contributed by atoms with Crippen LogP contribution in [-0.4, -0.2) is 31.2 Å². The van der Waals surface area contributed by atoms with E-state index in [0.29, 0.717) is 5.88 Å². The molecule has 0 unspecified atom stereocenters. The molecular weight excluding hydrogens is 298 g/mol. The number of rotatable bonds is 4. The van der Waals surface area contributed by atoms with E-state index < -0.39 is 0 Å². The van der Waals surface area contributed by atoms with Crippen molar-refractivity contribution in [2.75, 3.05) is 31.1 Å². The van der Waals surface area contributed by atoms with Crippen molar-refractivity contribution in [2.45, 2.75) is 19.3 Å². The van der Waals surface area contributed by atoms with Crippen molar-refractivity contribution < 1.29 is 4.74 Å². The van der Waals surface area contributed by atoms with E-state index >= 15 is 0 Å². The van der Waals surface area contributed by atoms with Crippen LogP contribution in [0, 0.1) is 0 Å².